The number of nitriles is 1. The largest absolute Gasteiger partial charge is 0.321 e. The standard InChI is InChI=1S/C28H21FN2O/c1-19-6-4-10-25(14-19)31-28(32)23(18-30)17-27-22(15-20-7-5-9-24(29)16-20)13-12-21-8-2-3-11-26(21)27/h2-14,16-17H,15H2,1H3,(H,31,32)/b23-17+. The summed E-state index contributed by atoms with van der Waals surface area (Å²) in [6, 6.07) is 27.7. The summed E-state index contributed by atoms with van der Waals surface area (Å²) in [4.78, 5) is 12.9. The molecule has 0 aliphatic rings. The van der Waals surface area contributed by atoms with Crippen LogP contribution in [-0.4, -0.2) is 5.91 Å². The number of carbonyl (C=O) groups is 1. The number of nitrogens with one attached hydrogen (secondary N) is 1. The number of amides is 1. The summed E-state index contributed by atoms with van der Waals surface area (Å²) in [7, 11) is 0. The summed E-state index contributed by atoms with van der Waals surface area (Å²) >= 11 is 0. The Morgan fingerprint density at radius 3 is 2.59 bits per heavy atom. The monoisotopic (exact) mass is 420 g/mol. The highest BCUT2D eigenvalue weighted by molar-refractivity contribution is 6.11. The van der Waals surface area contributed by atoms with Gasteiger partial charge >= 0.3 is 0 Å². The number of hydrogen-bond donors (Lipinski definition) is 1. The van der Waals surface area contributed by atoms with E-state index in [0.717, 1.165) is 33.0 Å². The molecule has 0 fully saturated rings. The quantitative estimate of drug-likeness (QED) is 0.299. The molecule has 0 radical (unpaired) electrons. The van der Waals surface area contributed by atoms with Crippen molar-refractivity contribution in [1.82, 2.24) is 0 Å². The lowest BCUT2D eigenvalue weighted by molar-refractivity contribution is -0.112. The molecule has 4 aromatic rings. The number of carbonyl (C=O) groups excluding carboxylic acids is 1. The van der Waals surface area contributed by atoms with Crippen molar-refractivity contribution in [1.29, 1.82) is 5.26 Å². The van der Waals surface area contributed by atoms with E-state index in [1.807, 2.05) is 73.7 Å². The Balaban J connectivity index is 1.77. The number of hydrogen-bond acceptors (Lipinski definition) is 2. The summed E-state index contributed by atoms with van der Waals surface area (Å²) < 4.78 is 13.7. The Hall–Kier alpha value is -4.23. The lowest BCUT2D eigenvalue weighted by Gasteiger charge is -2.12. The normalized spacial score (nSPS) is 11.2. The first kappa shape index (κ1) is 21.0. The highest BCUT2D eigenvalue weighted by Crippen LogP contribution is 2.27. The minimum absolute atomic E-state index is 0.00310. The van der Waals surface area contributed by atoms with E-state index in [2.05, 4.69) is 5.32 Å². The van der Waals surface area contributed by atoms with Gasteiger partial charge in [-0.15, -0.1) is 0 Å². The van der Waals surface area contributed by atoms with Crippen molar-refractivity contribution < 1.29 is 9.18 Å². The molecular weight excluding hydrogens is 399 g/mol. The molecule has 4 rings (SSSR count). The molecule has 0 aromatic heterocycles. The molecule has 3 nitrogen and oxygen atoms in total. The van der Waals surface area contributed by atoms with Gasteiger partial charge in [0.15, 0.2) is 0 Å². The molecule has 0 atom stereocenters. The topological polar surface area (TPSA) is 52.9 Å². The van der Waals surface area contributed by atoms with E-state index in [-0.39, 0.29) is 11.4 Å². The van der Waals surface area contributed by atoms with Crippen LogP contribution in [0.5, 0.6) is 0 Å². The molecule has 0 spiro atoms. The fourth-order valence-electron chi connectivity index (χ4n) is 3.75. The maximum atomic E-state index is 13.7. The molecular formula is C28H21FN2O. The van der Waals surface area contributed by atoms with E-state index < -0.39 is 5.91 Å². The Kier molecular flexibility index (Phi) is 6.10. The minimum atomic E-state index is -0.470. The van der Waals surface area contributed by atoms with Crippen LogP contribution < -0.4 is 5.32 Å². The molecule has 0 bridgehead atoms. The first-order valence-electron chi connectivity index (χ1n) is 10.3. The zero-order valence-electron chi connectivity index (χ0n) is 17.6. The van der Waals surface area contributed by atoms with Crippen LogP contribution in [0.3, 0.4) is 0 Å². The Bertz CT molecular complexity index is 1380. The fraction of sp³-hybridized carbons (Fsp3) is 0.0714. The molecule has 0 aliphatic carbocycles. The molecule has 0 saturated heterocycles. The molecule has 0 aliphatic heterocycles. The van der Waals surface area contributed by atoms with E-state index in [1.54, 1.807) is 18.2 Å². The second-order valence-electron chi connectivity index (χ2n) is 7.66. The Morgan fingerprint density at radius 2 is 1.81 bits per heavy atom. The zero-order chi connectivity index (χ0) is 22.5. The molecule has 4 aromatic carbocycles. The van der Waals surface area contributed by atoms with Gasteiger partial charge in [0.25, 0.3) is 5.91 Å². The SMILES string of the molecule is Cc1cccc(NC(=O)/C(C#N)=C/c2c(Cc3cccc(F)c3)ccc3ccccc23)c1. The van der Waals surface area contributed by atoms with Crippen molar-refractivity contribution in [2.24, 2.45) is 0 Å². The summed E-state index contributed by atoms with van der Waals surface area (Å²) in [5.41, 5.74) is 4.15. The van der Waals surface area contributed by atoms with Crippen LogP contribution in [0.1, 0.15) is 22.3 Å². The molecule has 1 amide bonds. The zero-order valence-corrected chi connectivity index (χ0v) is 17.6. The summed E-state index contributed by atoms with van der Waals surface area (Å²) in [5.74, 6) is -0.765. The fourth-order valence-corrected chi connectivity index (χ4v) is 3.75. The third-order valence-corrected chi connectivity index (χ3v) is 5.27. The van der Waals surface area contributed by atoms with Crippen molar-refractivity contribution in [2.75, 3.05) is 5.32 Å². The minimum Gasteiger partial charge on any atom is -0.321 e. The van der Waals surface area contributed by atoms with Gasteiger partial charge in [0.2, 0.25) is 0 Å². The number of halogens is 1. The third kappa shape index (κ3) is 4.74. The smallest absolute Gasteiger partial charge is 0.266 e. The van der Waals surface area contributed by atoms with Gasteiger partial charge in [-0.3, -0.25) is 4.79 Å². The van der Waals surface area contributed by atoms with Gasteiger partial charge in [0, 0.05) is 5.69 Å². The van der Waals surface area contributed by atoms with Crippen molar-refractivity contribution in [2.45, 2.75) is 13.3 Å². The lowest BCUT2D eigenvalue weighted by Crippen LogP contribution is -2.13. The Morgan fingerprint density at radius 1 is 1.00 bits per heavy atom. The van der Waals surface area contributed by atoms with Crippen molar-refractivity contribution in [3.8, 4) is 6.07 Å². The van der Waals surface area contributed by atoms with Crippen LogP contribution in [0.2, 0.25) is 0 Å². The van der Waals surface area contributed by atoms with Crippen LogP contribution in [0.4, 0.5) is 10.1 Å². The van der Waals surface area contributed by atoms with Gasteiger partial charge in [-0.2, -0.15) is 5.26 Å². The van der Waals surface area contributed by atoms with Gasteiger partial charge in [0.05, 0.1) is 0 Å². The van der Waals surface area contributed by atoms with Gasteiger partial charge in [-0.1, -0.05) is 60.7 Å². The molecule has 4 heteroatoms. The van der Waals surface area contributed by atoms with Gasteiger partial charge in [-0.25, -0.2) is 4.39 Å². The lowest BCUT2D eigenvalue weighted by atomic mass is 9.93. The van der Waals surface area contributed by atoms with E-state index >= 15 is 0 Å². The molecule has 156 valence electrons. The Labute approximate surface area is 186 Å². The maximum Gasteiger partial charge on any atom is 0.266 e. The van der Waals surface area contributed by atoms with E-state index in [9.17, 15) is 14.4 Å². The van der Waals surface area contributed by atoms with E-state index in [0.29, 0.717) is 12.1 Å². The number of nitrogens with zero attached hydrogens (tertiary/aromatic N) is 1. The summed E-state index contributed by atoms with van der Waals surface area (Å²) in [6.45, 7) is 1.94. The number of rotatable bonds is 5. The van der Waals surface area contributed by atoms with Gasteiger partial charge < -0.3 is 5.32 Å². The first-order valence-corrected chi connectivity index (χ1v) is 10.3. The number of benzene rings is 4. The summed E-state index contributed by atoms with van der Waals surface area (Å²) in [6.07, 6.45) is 2.11. The predicted octanol–water partition coefficient (Wildman–Crippen LogP) is 6.42. The molecule has 0 unspecified atom stereocenters. The number of aryl methyl sites for hydroxylation is 1. The molecule has 0 saturated carbocycles. The number of fused-ring (bicyclic) bond motifs is 1. The highest BCUT2D eigenvalue weighted by Gasteiger charge is 2.14. The van der Waals surface area contributed by atoms with Crippen LogP contribution in [0.25, 0.3) is 16.8 Å². The highest BCUT2D eigenvalue weighted by atomic mass is 19.1. The van der Waals surface area contributed by atoms with Crippen molar-refractivity contribution >= 4 is 28.4 Å². The first-order chi connectivity index (χ1) is 15.5. The molecule has 1 N–H and O–H groups in total. The van der Waals surface area contributed by atoms with E-state index in [4.69, 9.17) is 0 Å². The van der Waals surface area contributed by atoms with Gasteiger partial charge in [0.1, 0.15) is 17.5 Å². The van der Waals surface area contributed by atoms with Crippen molar-refractivity contribution in [3.63, 3.8) is 0 Å². The molecule has 32 heavy (non-hydrogen) atoms. The average Bonchev–Trinajstić information content (AvgIpc) is 2.78. The van der Waals surface area contributed by atoms with Crippen LogP contribution in [-0.2, 0) is 11.2 Å². The van der Waals surface area contributed by atoms with Crippen LogP contribution >= 0.6 is 0 Å². The van der Waals surface area contributed by atoms with Crippen LogP contribution in [0.15, 0.2) is 90.5 Å². The second-order valence-corrected chi connectivity index (χ2v) is 7.66. The summed E-state index contributed by atoms with van der Waals surface area (Å²) in [5, 5.41) is 14.5. The van der Waals surface area contributed by atoms with Crippen LogP contribution in [0, 0.1) is 24.1 Å². The average molecular weight is 420 g/mol. The predicted molar refractivity (Wildman–Crippen MR) is 127 cm³/mol. The van der Waals surface area contributed by atoms with E-state index in [1.165, 1.54) is 12.1 Å². The third-order valence-electron chi connectivity index (χ3n) is 5.27. The second kappa shape index (κ2) is 9.28. The maximum absolute atomic E-state index is 13.7. The number of anilines is 1. The molecule has 0 heterocycles. The van der Waals surface area contributed by atoms with Gasteiger partial charge in [-0.05, 0) is 76.7 Å². The van der Waals surface area contributed by atoms with Crippen molar-refractivity contribution in [3.05, 3.63) is 119 Å².